The maximum Gasteiger partial charge on any atom is 0.329 e. The van der Waals surface area contributed by atoms with Gasteiger partial charge in [-0.25, -0.2) is 4.79 Å². The molecule has 0 radical (unpaired) electrons. The van der Waals surface area contributed by atoms with E-state index in [1.807, 2.05) is 68.4 Å². The number of amides is 1. The summed E-state index contributed by atoms with van der Waals surface area (Å²) in [4.78, 5) is 27.6. The summed E-state index contributed by atoms with van der Waals surface area (Å²) in [6, 6.07) is 15.9. The standard InChI is InChI=1S/C24H32N2O4/c1-17(2)22(25-3)23(27)26(4)21(15-18-11-13-20(29-5)14-12-18)24(28)30-16-19-9-7-6-8-10-19/h6-14,17,21-22,25H,15-16H2,1-5H3/t21-,22-/m0/s1. The Morgan fingerprint density at radius 3 is 2.17 bits per heavy atom. The van der Waals surface area contributed by atoms with Crippen LogP contribution in [0.1, 0.15) is 25.0 Å². The van der Waals surface area contributed by atoms with Crippen molar-refractivity contribution in [1.82, 2.24) is 10.2 Å². The Morgan fingerprint density at radius 1 is 1.00 bits per heavy atom. The quantitative estimate of drug-likeness (QED) is 0.608. The number of ether oxygens (including phenoxy) is 2. The highest BCUT2D eigenvalue weighted by Gasteiger charge is 2.33. The summed E-state index contributed by atoms with van der Waals surface area (Å²) in [7, 11) is 5.02. The van der Waals surface area contributed by atoms with Gasteiger partial charge in [0.1, 0.15) is 18.4 Å². The summed E-state index contributed by atoms with van der Waals surface area (Å²) in [5.41, 5.74) is 1.82. The van der Waals surface area contributed by atoms with Crippen LogP contribution in [0.15, 0.2) is 54.6 Å². The van der Waals surface area contributed by atoms with Crippen LogP contribution in [0, 0.1) is 5.92 Å². The lowest BCUT2D eigenvalue weighted by atomic mass is 10.00. The number of carbonyl (C=O) groups excluding carboxylic acids is 2. The first-order valence-corrected chi connectivity index (χ1v) is 10.1. The van der Waals surface area contributed by atoms with Crippen molar-refractivity contribution in [3.8, 4) is 5.75 Å². The second kappa shape index (κ2) is 11.4. The molecule has 1 amide bonds. The topological polar surface area (TPSA) is 67.9 Å². The lowest BCUT2D eigenvalue weighted by Gasteiger charge is -2.31. The number of rotatable bonds is 10. The Balaban J connectivity index is 2.20. The van der Waals surface area contributed by atoms with Crippen LogP contribution in [0.3, 0.4) is 0 Å². The van der Waals surface area contributed by atoms with Crippen LogP contribution < -0.4 is 10.1 Å². The Bertz CT molecular complexity index is 806. The molecule has 0 aliphatic heterocycles. The van der Waals surface area contributed by atoms with Crippen LogP contribution in [-0.2, 0) is 27.4 Å². The molecule has 0 fully saturated rings. The molecule has 2 aromatic carbocycles. The van der Waals surface area contributed by atoms with Crippen molar-refractivity contribution in [2.45, 2.75) is 39.0 Å². The van der Waals surface area contributed by atoms with Crippen molar-refractivity contribution in [3.05, 3.63) is 65.7 Å². The fourth-order valence-electron chi connectivity index (χ4n) is 3.30. The van der Waals surface area contributed by atoms with E-state index >= 15 is 0 Å². The normalized spacial score (nSPS) is 12.9. The Morgan fingerprint density at radius 2 is 1.63 bits per heavy atom. The first-order chi connectivity index (χ1) is 14.4. The van der Waals surface area contributed by atoms with Crippen LogP contribution in [0.25, 0.3) is 0 Å². The van der Waals surface area contributed by atoms with Crippen molar-refractivity contribution in [2.75, 3.05) is 21.2 Å². The molecule has 2 rings (SSSR count). The minimum atomic E-state index is -0.732. The van der Waals surface area contributed by atoms with Gasteiger partial charge >= 0.3 is 5.97 Å². The number of esters is 1. The highest BCUT2D eigenvalue weighted by molar-refractivity contribution is 5.87. The summed E-state index contributed by atoms with van der Waals surface area (Å²) in [6.45, 7) is 4.11. The molecule has 0 unspecified atom stereocenters. The number of benzene rings is 2. The third-order valence-corrected chi connectivity index (χ3v) is 5.14. The molecular formula is C24H32N2O4. The predicted octanol–water partition coefficient (Wildman–Crippen LogP) is 3.05. The van der Waals surface area contributed by atoms with Crippen molar-refractivity contribution in [2.24, 2.45) is 5.92 Å². The van der Waals surface area contributed by atoms with Gasteiger partial charge in [-0.3, -0.25) is 4.79 Å². The number of likely N-dealkylation sites (N-methyl/N-ethyl adjacent to an activating group) is 2. The van der Waals surface area contributed by atoms with Gasteiger partial charge in [0.05, 0.1) is 13.2 Å². The average Bonchev–Trinajstić information content (AvgIpc) is 2.76. The number of methoxy groups -OCH3 is 1. The van der Waals surface area contributed by atoms with Crippen LogP contribution in [0.2, 0.25) is 0 Å². The number of hydrogen-bond donors (Lipinski definition) is 1. The number of carbonyl (C=O) groups is 2. The zero-order valence-corrected chi connectivity index (χ0v) is 18.4. The molecular weight excluding hydrogens is 380 g/mol. The molecule has 1 N–H and O–H groups in total. The molecule has 0 heterocycles. The molecule has 0 saturated carbocycles. The Labute approximate surface area is 179 Å². The lowest BCUT2D eigenvalue weighted by molar-refractivity contribution is -0.156. The van der Waals surface area contributed by atoms with Gasteiger partial charge in [0.25, 0.3) is 0 Å². The van der Waals surface area contributed by atoms with E-state index in [0.29, 0.717) is 6.42 Å². The third kappa shape index (κ3) is 6.32. The summed E-state index contributed by atoms with van der Waals surface area (Å²) in [5, 5.41) is 3.05. The molecule has 30 heavy (non-hydrogen) atoms. The van der Waals surface area contributed by atoms with Crippen molar-refractivity contribution < 1.29 is 19.1 Å². The molecule has 0 aliphatic carbocycles. The SMILES string of the molecule is CN[C@H](C(=O)N(C)[C@@H](Cc1ccc(OC)cc1)C(=O)OCc1ccccc1)C(C)C. The molecule has 2 aromatic rings. The van der Waals surface area contributed by atoms with Crippen molar-refractivity contribution >= 4 is 11.9 Å². The maximum atomic E-state index is 13.1. The fourth-order valence-corrected chi connectivity index (χ4v) is 3.30. The number of nitrogens with zero attached hydrogens (tertiary/aromatic N) is 1. The second-order valence-corrected chi connectivity index (χ2v) is 7.62. The first-order valence-electron chi connectivity index (χ1n) is 10.1. The highest BCUT2D eigenvalue weighted by atomic mass is 16.5. The minimum Gasteiger partial charge on any atom is -0.497 e. The van der Waals surface area contributed by atoms with Gasteiger partial charge in [0.2, 0.25) is 5.91 Å². The first kappa shape index (κ1) is 23.4. The summed E-state index contributed by atoms with van der Waals surface area (Å²) < 4.78 is 10.8. The molecule has 0 saturated heterocycles. The molecule has 162 valence electrons. The summed E-state index contributed by atoms with van der Waals surface area (Å²) >= 11 is 0. The van der Waals surface area contributed by atoms with Crippen LogP contribution in [-0.4, -0.2) is 50.1 Å². The van der Waals surface area contributed by atoms with E-state index in [1.54, 1.807) is 21.2 Å². The largest absolute Gasteiger partial charge is 0.497 e. The fraction of sp³-hybridized carbons (Fsp3) is 0.417. The smallest absolute Gasteiger partial charge is 0.329 e. The molecule has 2 atom stereocenters. The zero-order valence-electron chi connectivity index (χ0n) is 18.4. The average molecular weight is 413 g/mol. The Hall–Kier alpha value is -2.86. The maximum absolute atomic E-state index is 13.1. The van der Waals surface area contributed by atoms with E-state index in [9.17, 15) is 9.59 Å². The van der Waals surface area contributed by atoms with Crippen molar-refractivity contribution in [3.63, 3.8) is 0 Å². The highest BCUT2D eigenvalue weighted by Crippen LogP contribution is 2.17. The van der Waals surface area contributed by atoms with Crippen LogP contribution in [0.4, 0.5) is 0 Å². The van der Waals surface area contributed by atoms with Crippen LogP contribution >= 0.6 is 0 Å². The van der Waals surface area contributed by atoms with Gasteiger partial charge in [-0.15, -0.1) is 0 Å². The lowest BCUT2D eigenvalue weighted by Crippen LogP contribution is -2.53. The molecule has 6 heteroatoms. The molecule has 0 spiro atoms. The van der Waals surface area contributed by atoms with Gasteiger partial charge < -0.3 is 19.7 Å². The Kier molecular flexibility index (Phi) is 8.87. The van der Waals surface area contributed by atoms with Crippen molar-refractivity contribution in [1.29, 1.82) is 0 Å². The van der Waals surface area contributed by atoms with E-state index in [2.05, 4.69) is 5.32 Å². The van der Waals surface area contributed by atoms with E-state index in [-0.39, 0.29) is 24.5 Å². The number of hydrogen-bond acceptors (Lipinski definition) is 5. The third-order valence-electron chi connectivity index (χ3n) is 5.14. The second-order valence-electron chi connectivity index (χ2n) is 7.62. The van der Waals surface area contributed by atoms with Gasteiger partial charge in [-0.1, -0.05) is 56.3 Å². The molecule has 0 aliphatic rings. The van der Waals surface area contributed by atoms with Crippen LogP contribution in [0.5, 0.6) is 5.75 Å². The molecule has 0 aromatic heterocycles. The minimum absolute atomic E-state index is 0.0897. The molecule has 6 nitrogen and oxygen atoms in total. The van der Waals surface area contributed by atoms with E-state index in [0.717, 1.165) is 16.9 Å². The summed E-state index contributed by atoms with van der Waals surface area (Å²) in [6.07, 6.45) is 0.356. The van der Waals surface area contributed by atoms with Gasteiger partial charge in [0.15, 0.2) is 0 Å². The summed E-state index contributed by atoms with van der Waals surface area (Å²) in [5.74, 6) is 0.264. The van der Waals surface area contributed by atoms with Gasteiger partial charge in [-0.05, 0) is 36.2 Å². The van der Waals surface area contributed by atoms with Gasteiger partial charge in [0, 0.05) is 13.5 Å². The van der Waals surface area contributed by atoms with E-state index < -0.39 is 12.0 Å². The predicted molar refractivity (Wildman–Crippen MR) is 117 cm³/mol. The van der Waals surface area contributed by atoms with E-state index in [1.165, 1.54) is 4.90 Å². The monoisotopic (exact) mass is 412 g/mol. The van der Waals surface area contributed by atoms with Gasteiger partial charge in [-0.2, -0.15) is 0 Å². The number of nitrogens with one attached hydrogen (secondary N) is 1. The zero-order chi connectivity index (χ0) is 22.1. The van der Waals surface area contributed by atoms with E-state index in [4.69, 9.17) is 9.47 Å². The molecule has 0 bridgehead atoms.